The minimum absolute atomic E-state index is 0.0118. The number of anilines is 1. The highest BCUT2D eigenvalue weighted by atomic mass is 79.9. The van der Waals surface area contributed by atoms with Crippen LogP contribution >= 0.6 is 15.9 Å². The van der Waals surface area contributed by atoms with Gasteiger partial charge in [0.1, 0.15) is 22.3 Å². The summed E-state index contributed by atoms with van der Waals surface area (Å²) in [5, 5.41) is 3.07. The number of rotatable bonds is 4. The van der Waals surface area contributed by atoms with Gasteiger partial charge >= 0.3 is 0 Å². The highest BCUT2D eigenvalue weighted by molar-refractivity contribution is 9.10. The van der Waals surface area contributed by atoms with Gasteiger partial charge in [0.25, 0.3) is 0 Å². The molecule has 1 heterocycles. The molecule has 1 rings (SSSR count). The number of carbonyl (C=O) groups excluding carboxylic acids is 1. The summed E-state index contributed by atoms with van der Waals surface area (Å²) in [6.07, 6.45) is 0.754. The first kappa shape index (κ1) is 13.9. The lowest BCUT2D eigenvalue weighted by Crippen LogP contribution is -2.36. The van der Waals surface area contributed by atoms with Gasteiger partial charge in [-0.15, -0.1) is 0 Å². The van der Waals surface area contributed by atoms with E-state index in [0.29, 0.717) is 5.82 Å². The molecule has 1 aromatic rings. The molecular formula is C11H17BrN4O. The van der Waals surface area contributed by atoms with E-state index in [2.05, 4.69) is 31.2 Å². The molecule has 6 heteroatoms. The Morgan fingerprint density at radius 1 is 1.53 bits per heavy atom. The molecule has 94 valence electrons. The van der Waals surface area contributed by atoms with Crippen molar-refractivity contribution < 1.29 is 4.79 Å². The molecule has 1 N–H and O–H groups in total. The average Bonchev–Trinajstić information content (AvgIpc) is 2.26. The van der Waals surface area contributed by atoms with Crippen LogP contribution in [0.25, 0.3) is 0 Å². The molecule has 0 bridgehead atoms. The first-order valence-electron chi connectivity index (χ1n) is 5.45. The van der Waals surface area contributed by atoms with Gasteiger partial charge in [-0.1, -0.05) is 6.92 Å². The van der Waals surface area contributed by atoms with Crippen LogP contribution in [-0.2, 0) is 11.2 Å². The van der Waals surface area contributed by atoms with Crippen LogP contribution in [0.15, 0.2) is 10.7 Å². The van der Waals surface area contributed by atoms with Crippen LogP contribution in [0.2, 0.25) is 0 Å². The van der Waals surface area contributed by atoms with Gasteiger partial charge in [-0.2, -0.15) is 0 Å². The number of nitrogens with one attached hydrogen (secondary N) is 1. The van der Waals surface area contributed by atoms with Crippen molar-refractivity contribution >= 4 is 27.7 Å². The standard InChI is InChI=1S/C11H17BrN4O/c1-5-9-14-8(12)6-10(15-9)13-7(2)11(17)16(3)4/h6-7H,5H2,1-4H3,(H,13,14,15). The number of nitrogens with zero attached hydrogens (tertiary/aromatic N) is 3. The number of hydrogen-bond acceptors (Lipinski definition) is 4. The highest BCUT2D eigenvalue weighted by Gasteiger charge is 2.15. The van der Waals surface area contributed by atoms with E-state index in [-0.39, 0.29) is 11.9 Å². The number of aryl methyl sites for hydroxylation is 1. The SMILES string of the molecule is CCc1nc(Br)cc(NC(C)C(=O)N(C)C)n1. The molecule has 0 saturated heterocycles. The number of halogens is 1. The third-order valence-corrected chi connectivity index (χ3v) is 2.64. The first-order chi connectivity index (χ1) is 7.93. The monoisotopic (exact) mass is 300 g/mol. The van der Waals surface area contributed by atoms with Crippen LogP contribution in [0.1, 0.15) is 19.7 Å². The van der Waals surface area contributed by atoms with Crippen LogP contribution in [0.5, 0.6) is 0 Å². The fourth-order valence-electron chi connectivity index (χ4n) is 1.37. The summed E-state index contributed by atoms with van der Waals surface area (Å²) >= 11 is 3.32. The number of amides is 1. The summed E-state index contributed by atoms with van der Waals surface area (Å²) < 4.78 is 0.719. The number of likely N-dealkylation sites (N-methyl/N-ethyl adjacent to an activating group) is 1. The molecule has 5 nitrogen and oxygen atoms in total. The molecule has 0 aliphatic heterocycles. The zero-order valence-corrected chi connectivity index (χ0v) is 12.1. The van der Waals surface area contributed by atoms with Crippen molar-refractivity contribution in [1.29, 1.82) is 0 Å². The zero-order chi connectivity index (χ0) is 13.0. The topological polar surface area (TPSA) is 58.1 Å². The summed E-state index contributed by atoms with van der Waals surface area (Å²) in [7, 11) is 3.46. The fraction of sp³-hybridized carbons (Fsp3) is 0.545. The highest BCUT2D eigenvalue weighted by Crippen LogP contribution is 2.13. The zero-order valence-electron chi connectivity index (χ0n) is 10.5. The molecule has 0 aromatic carbocycles. The van der Waals surface area contributed by atoms with Gasteiger partial charge < -0.3 is 10.2 Å². The minimum Gasteiger partial charge on any atom is -0.358 e. The van der Waals surface area contributed by atoms with E-state index in [1.807, 2.05) is 13.8 Å². The van der Waals surface area contributed by atoms with Gasteiger partial charge in [0.05, 0.1) is 0 Å². The Kier molecular flexibility index (Phi) is 4.86. The van der Waals surface area contributed by atoms with Crippen molar-refractivity contribution in [3.05, 3.63) is 16.5 Å². The molecule has 1 amide bonds. The van der Waals surface area contributed by atoms with Crippen LogP contribution in [-0.4, -0.2) is 40.9 Å². The van der Waals surface area contributed by atoms with Crippen molar-refractivity contribution in [2.45, 2.75) is 26.3 Å². The second kappa shape index (κ2) is 5.95. The molecule has 17 heavy (non-hydrogen) atoms. The van der Waals surface area contributed by atoms with Gasteiger partial charge in [0, 0.05) is 26.6 Å². The maximum Gasteiger partial charge on any atom is 0.244 e. The van der Waals surface area contributed by atoms with E-state index >= 15 is 0 Å². The summed E-state index contributed by atoms with van der Waals surface area (Å²) in [5.74, 6) is 1.41. The van der Waals surface area contributed by atoms with E-state index in [1.54, 1.807) is 25.1 Å². The van der Waals surface area contributed by atoms with E-state index in [9.17, 15) is 4.79 Å². The van der Waals surface area contributed by atoms with Crippen LogP contribution in [0.4, 0.5) is 5.82 Å². The van der Waals surface area contributed by atoms with Crippen LogP contribution < -0.4 is 5.32 Å². The van der Waals surface area contributed by atoms with Gasteiger partial charge in [-0.05, 0) is 22.9 Å². The van der Waals surface area contributed by atoms with Gasteiger partial charge in [-0.25, -0.2) is 9.97 Å². The molecular weight excluding hydrogens is 284 g/mol. The van der Waals surface area contributed by atoms with Crippen LogP contribution in [0.3, 0.4) is 0 Å². The molecule has 0 saturated carbocycles. The maximum absolute atomic E-state index is 11.7. The second-order valence-electron chi connectivity index (χ2n) is 3.94. The fourth-order valence-corrected chi connectivity index (χ4v) is 1.79. The first-order valence-corrected chi connectivity index (χ1v) is 6.24. The quantitative estimate of drug-likeness (QED) is 0.860. The van der Waals surface area contributed by atoms with E-state index in [1.165, 1.54) is 0 Å². The summed E-state index contributed by atoms with van der Waals surface area (Å²) in [5.41, 5.74) is 0. The molecule has 0 aliphatic rings. The summed E-state index contributed by atoms with van der Waals surface area (Å²) in [6.45, 7) is 3.80. The van der Waals surface area contributed by atoms with Gasteiger partial charge in [-0.3, -0.25) is 4.79 Å². The Morgan fingerprint density at radius 2 is 2.18 bits per heavy atom. The molecule has 0 fully saturated rings. The Balaban J connectivity index is 2.81. The normalized spacial score (nSPS) is 12.1. The number of aromatic nitrogens is 2. The minimum atomic E-state index is -0.309. The largest absolute Gasteiger partial charge is 0.358 e. The average molecular weight is 301 g/mol. The third-order valence-electron chi connectivity index (χ3n) is 2.23. The molecule has 0 spiro atoms. The maximum atomic E-state index is 11.7. The van der Waals surface area contributed by atoms with E-state index < -0.39 is 0 Å². The second-order valence-corrected chi connectivity index (χ2v) is 4.76. The number of carbonyl (C=O) groups is 1. The molecule has 1 unspecified atom stereocenters. The van der Waals surface area contributed by atoms with Gasteiger partial charge in [0.2, 0.25) is 5.91 Å². The Labute approximate surface area is 110 Å². The van der Waals surface area contributed by atoms with Crippen molar-refractivity contribution in [3.8, 4) is 0 Å². The molecule has 1 aromatic heterocycles. The van der Waals surface area contributed by atoms with Crippen molar-refractivity contribution in [2.75, 3.05) is 19.4 Å². The lowest BCUT2D eigenvalue weighted by Gasteiger charge is -2.18. The third kappa shape index (κ3) is 3.96. The molecule has 0 radical (unpaired) electrons. The predicted octanol–water partition coefficient (Wildman–Crippen LogP) is 1.69. The van der Waals surface area contributed by atoms with Crippen LogP contribution in [0, 0.1) is 0 Å². The van der Waals surface area contributed by atoms with Crippen molar-refractivity contribution in [2.24, 2.45) is 0 Å². The summed E-state index contributed by atoms with van der Waals surface area (Å²) in [4.78, 5) is 21.8. The predicted molar refractivity (Wildman–Crippen MR) is 70.9 cm³/mol. The lowest BCUT2D eigenvalue weighted by molar-refractivity contribution is -0.129. The van der Waals surface area contributed by atoms with Gasteiger partial charge in [0.15, 0.2) is 0 Å². The number of hydrogen-bond donors (Lipinski definition) is 1. The lowest BCUT2D eigenvalue weighted by atomic mass is 10.3. The molecule has 1 atom stereocenters. The summed E-state index contributed by atoms with van der Waals surface area (Å²) in [6, 6.07) is 1.45. The van der Waals surface area contributed by atoms with E-state index in [4.69, 9.17) is 0 Å². The van der Waals surface area contributed by atoms with E-state index in [0.717, 1.165) is 16.8 Å². The molecule has 0 aliphatic carbocycles. The van der Waals surface area contributed by atoms with Crippen molar-refractivity contribution in [1.82, 2.24) is 14.9 Å². The Hall–Kier alpha value is -1.17. The smallest absolute Gasteiger partial charge is 0.244 e. The Morgan fingerprint density at radius 3 is 2.71 bits per heavy atom. The Bertz CT molecular complexity index is 408. The van der Waals surface area contributed by atoms with Crippen molar-refractivity contribution in [3.63, 3.8) is 0 Å².